The maximum Gasteiger partial charge on any atom is 0.339 e. The van der Waals surface area contributed by atoms with E-state index >= 15 is 0 Å². The molecule has 1 heterocycles. The molecule has 6 nitrogen and oxygen atoms in total. The molecular formula is C26H23ClN2O4S. The molecule has 1 aliphatic rings. The number of esters is 1. The highest BCUT2D eigenvalue weighted by atomic mass is 35.5. The maximum atomic E-state index is 12.7. The molecule has 1 saturated heterocycles. The number of benzene rings is 3. The van der Waals surface area contributed by atoms with Gasteiger partial charge in [-0.2, -0.15) is 0 Å². The van der Waals surface area contributed by atoms with Crippen LogP contribution in [0.25, 0.3) is 0 Å². The number of hydrogen-bond acceptors (Lipinski definition) is 5. The van der Waals surface area contributed by atoms with Crippen molar-refractivity contribution in [3.05, 3.63) is 100 Å². The van der Waals surface area contributed by atoms with E-state index in [2.05, 4.69) is 5.32 Å². The van der Waals surface area contributed by atoms with Gasteiger partial charge in [-0.15, -0.1) is 11.8 Å². The Morgan fingerprint density at radius 1 is 1.09 bits per heavy atom. The van der Waals surface area contributed by atoms with E-state index in [1.54, 1.807) is 36.9 Å². The van der Waals surface area contributed by atoms with Gasteiger partial charge in [0, 0.05) is 17.8 Å². The van der Waals surface area contributed by atoms with Gasteiger partial charge < -0.3 is 15.0 Å². The number of anilines is 1. The molecule has 2 amide bonds. The molecule has 0 saturated carbocycles. The number of thioether (sulfide) groups is 1. The lowest BCUT2D eigenvalue weighted by atomic mass is 10.1. The van der Waals surface area contributed by atoms with Crippen LogP contribution in [0.1, 0.15) is 44.1 Å². The molecule has 8 heteroatoms. The number of nitrogens with one attached hydrogen (secondary N) is 1. The fourth-order valence-corrected chi connectivity index (χ4v) is 5.10. The highest BCUT2D eigenvalue weighted by Crippen LogP contribution is 2.39. The van der Waals surface area contributed by atoms with Crippen LogP contribution in [-0.2, 0) is 16.1 Å². The number of ether oxygens (including phenoxy) is 1. The molecule has 0 radical (unpaired) electrons. The van der Waals surface area contributed by atoms with Crippen LogP contribution >= 0.6 is 23.4 Å². The molecule has 3 aromatic carbocycles. The zero-order valence-electron chi connectivity index (χ0n) is 18.5. The number of nitrogens with zero attached hydrogens (tertiary/aromatic N) is 1. The van der Waals surface area contributed by atoms with Gasteiger partial charge in [0.15, 0.2) is 0 Å². The van der Waals surface area contributed by atoms with Crippen molar-refractivity contribution >= 4 is 46.8 Å². The fourth-order valence-electron chi connectivity index (χ4n) is 3.65. The van der Waals surface area contributed by atoms with Crippen molar-refractivity contribution in [3.8, 4) is 0 Å². The number of carbonyl (C=O) groups excluding carboxylic acids is 3. The Kier molecular flexibility index (Phi) is 7.55. The second kappa shape index (κ2) is 10.8. The van der Waals surface area contributed by atoms with Crippen LogP contribution in [0.5, 0.6) is 0 Å². The van der Waals surface area contributed by atoms with Crippen LogP contribution in [0.3, 0.4) is 0 Å². The Morgan fingerprint density at radius 3 is 2.50 bits per heavy atom. The molecule has 34 heavy (non-hydrogen) atoms. The molecule has 1 aliphatic heterocycles. The van der Waals surface area contributed by atoms with Crippen molar-refractivity contribution in [1.29, 1.82) is 0 Å². The molecule has 0 aromatic heterocycles. The minimum absolute atomic E-state index is 0.0981. The summed E-state index contributed by atoms with van der Waals surface area (Å²) in [5, 5.41) is 2.89. The third kappa shape index (κ3) is 5.43. The summed E-state index contributed by atoms with van der Waals surface area (Å²) in [7, 11) is 0. The Labute approximate surface area is 207 Å². The standard InChI is InChI=1S/C26H23ClN2O4S/c1-2-33-26(32)21-13-12-20(14-22(21)27)28-24(31)18-8-10-19(11-9-18)25-29(23(30)16-34-25)15-17-6-4-3-5-7-17/h3-14,25H,2,15-16H2,1H3,(H,28,31)/t25-/m1/s1. The van der Waals surface area contributed by atoms with Crippen molar-refractivity contribution in [2.75, 3.05) is 17.7 Å². The number of hydrogen-bond donors (Lipinski definition) is 1. The lowest BCUT2D eigenvalue weighted by Gasteiger charge is -2.24. The van der Waals surface area contributed by atoms with E-state index in [-0.39, 0.29) is 34.4 Å². The first-order valence-corrected chi connectivity index (χ1v) is 12.2. The van der Waals surface area contributed by atoms with E-state index in [9.17, 15) is 14.4 Å². The van der Waals surface area contributed by atoms with E-state index in [0.29, 0.717) is 23.5 Å². The monoisotopic (exact) mass is 494 g/mol. The van der Waals surface area contributed by atoms with Crippen molar-refractivity contribution < 1.29 is 19.1 Å². The SMILES string of the molecule is CCOC(=O)c1ccc(NC(=O)c2ccc([C@H]3SCC(=O)N3Cc3ccccc3)cc2)cc1Cl. The minimum Gasteiger partial charge on any atom is -0.462 e. The summed E-state index contributed by atoms with van der Waals surface area (Å²) in [6.45, 7) is 2.51. The molecule has 174 valence electrons. The van der Waals surface area contributed by atoms with Gasteiger partial charge in [-0.1, -0.05) is 54.1 Å². The van der Waals surface area contributed by atoms with Crippen molar-refractivity contribution in [2.24, 2.45) is 0 Å². The van der Waals surface area contributed by atoms with E-state index < -0.39 is 5.97 Å². The summed E-state index contributed by atoms with van der Waals surface area (Å²) in [4.78, 5) is 38.9. The summed E-state index contributed by atoms with van der Waals surface area (Å²) in [6.07, 6.45) is 0. The van der Waals surface area contributed by atoms with Gasteiger partial charge in [0.25, 0.3) is 5.91 Å². The predicted molar refractivity (Wildman–Crippen MR) is 134 cm³/mol. The molecule has 4 rings (SSSR count). The smallest absolute Gasteiger partial charge is 0.339 e. The van der Waals surface area contributed by atoms with Gasteiger partial charge in [0.1, 0.15) is 5.37 Å². The molecule has 0 unspecified atom stereocenters. The van der Waals surface area contributed by atoms with E-state index in [1.807, 2.05) is 47.4 Å². The molecule has 1 N–H and O–H groups in total. The van der Waals surface area contributed by atoms with Gasteiger partial charge in [0.05, 0.1) is 22.9 Å². The maximum absolute atomic E-state index is 12.7. The van der Waals surface area contributed by atoms with Crippen LogP contribution in [0.2, 0.25) is 5.02 Å². The summed E-state index contributed by atoms with van der Waals surface area (Å²) in [5.74, 6) is -0.278. The number of amides is 2. The Morgan fingerprint density at radius 2 is 1.82 bits per heavy atom. The number of halogens is 1. The lowest BCUT2D eigenvalue weighted by Crippen LogP contribution is -2.27. The van der Waals surface area contributed by atoms with Gasteiger partial charge >= 0.3 is 5.97 Å². The van der Waals surface area contributed by atoms with Crippen LogP contribution in [-0.4, -0.2) is 35.0 Å². The van der Waals surface area contributed by atoms with Gasteiger partial charge in [-0.05, 0) is 48.4 Å². The molecule has 0 aliphatic carbocycles. The Balaban J connectivity index is 1.44. The molecule has 0 spiro atoms. The zero-order valence-corrected chi connectivity index (χ0v) is 20.1. The van der Waals surface area contributed by atoms with Crippen molar-refractivity contribution in [1.82, 2.24) is 4.90 Å². The first-order valence-electron chi connectivity index (χ1n) is 10.8. The Bertz CT molecular complexity index is 1200. The van der Waals surface area contributed by atoms with Gasteiger partial charge in [-0.25, -0.2) is 4.79 Å². The molecule has 0 bridgehead atoms. The second-order valence-corrected chi connectivity index (χ2v) is 9.14. The van der Waals surface area contributed by atoms with Crippen LogP contribution < -0.4 is 5.32 Å². The van der Waals surface area contributed by atoms with Crippen molar-refractivity contribution in [2.45, 2.75) is 18.8 Å². The quantitative estimate of drug-likeness (QED) is 0.436. The third-order valence-electron chi connectivity index (χ3n) is 5.34. The van der Waals surface area contributed by atoms with E-state index in [1.165, 1.54) is 12.1 Å². The highest BCUT2D eigenvalue weighted by Gasteiger charge is 2.32. The van der Waals surface area contributed by atoms with E-state index in [0.717, 1.165) is 11.1 Å². The lowest BCUT2D eigenvalue weighted by molar-refractivity contribution is -0.128. The second-order valence-electron chi connectivity index (χ2n) is 7.66. The number of rotatable bonds is 7. The zero-order chi connectivity index (χ0) is 24.1. The third-order valence-corrected chi connectivity index (χ3v) is 6.91. The normalized spacial score (nSPS) is 15.3. The molecular weight excluding hydrogens is 472 g/mol. The van der Waals surface area contributed by atoms with Crippen LogP contribution in [0, 0.1) is 0 Å². The minimum atomic E-state index is -0.509. The predicted octanol–water partition coefficient (Wildman–Crippen LogP) is 5.54. The molecule has 1 fully saturated rings. The summed E-state index contributed by atoms with van der Waals surface area (Å²) in [5.41, 5.74) is 3.23. The summed E-state index contributed by atoms with van der Waals surface area (Å²) in [6, 6.07) is 21.8. The molecule has 1 atom stereocenters. The van der Waals surface area contributed by atoms with Gasteiger partial charge in [0.2, 0.25) is 5.91 Å². The fraction of sp³-hybridized carbons (Fsp3) is 0.192. The molecule has 3 aromatic rings. The van der Waals surface area contributed by atoms with Crippen LogP contribution in [0.15, 0.2) is 72.8 Å². The largest absolute Gasteiger partial charge is 0.462 e. The highest BCUT2D eigenvalue weighted by molar-refractivity contribution is 8.00. The first kappa shape index (κ1) is 23.9. The summed E-state index contributed by atoms with van der Waals surface area (Å²) < 4.78 is 4.96. The van der Waals surface area contributed by atoms with Crippen LogP contribution in [0.4, 0.5) is 5.69 Å². The van der Waals surface area contributed by atoms with Crippen molar-refractivity contribution in [3.63, 3.8) is 0 Å². The Hall–Kier alpha value is -3.29. The average molecular weight is 495 g/mol. The topological polar surface area (TPSA) is 75.7 Å². The number of carbonyl (C=O) groups is 3. The summed E-state index contributed by atoms with van der Waals surface area (Å²) >= 11 is 7.76. The van der Waals surface area contributed by atoms with E-state index in [4.69, 9.17) is 16.3 Å². The van der Waals surface area contributed by atoms with Gasteiger partial charge in [-0.3, -0.25) is 9.59 Å². The average Bonchev–Trinajstić information content (AvgIpc) is 3.20. The first-order chi connectivity index (χ1) is 16.5.